The van der Waals surface area contributed by atoms with E-state index in [9.17, 15) is 9.90 Å². The molecule has 0 radical (unpaired) electrons. The van der Waals surface area contributed by atoms with Gasteiger partial charge in [0.25, 0.3) is 0 Å². The average Bonchev–Trinajstić information content (AvgIpc) is 2.73. The molecule has 4 heteroatoms. The second kappa shape index (κ2) is 6.41. The number of para-hydroxylation sites is 1. The molecule has 0 saturated heterocycles. The summed E-state index contributed by atoms with van der Waals surface area (Å²) in [6.07, 6.45) is 2.27. The highest BCUT2D eigenvalue weighted by Gasteiger charge is 2.36. The number of hydrogen-bond donors (Lipinski definition) is 2. The molecule has 1 aliphatic heterocycles. The molecule has 1 heterocycles. The van der Waals surface area contributed by atoms with Crippen LogP contribution in [-0.4, -0.2) is 18.0 Å². The molecule has 1 atom stereocenters. The summed E-state index contributed by atoms with van der Waals surface area (Å²) in [5, 5.41) is 16.6. The number of rotatable bonds is 2. The van der Waals surface area contributed by atoms with E-state index in [1.807, 2.05) is 24.3 Å². The lowest BCUT2D eigenvalue weighted by molar-refractivity contribution is -0.116. The van der Waals surface area contributed by atoms with Crippen molar-refractivity contribution in [3.05, 3.63) is 71.3 Å². The fourth-order valence-electron chi connectivity index (χ4n) is 4.57. The summed E-state index contributed by atoms with van der Waals surface area (Å²) in [7, 11) is 1.53. The van der Waals surface area contributed by atoms with Crippen LogP contribution in [0, 0.1) is 0 Å². The van der Waals surface area contributed by atoms with E-state index in [-0.39, 0.29) is 17.6 Å². The molecule has 0 unspecified atom stereocenters. The molecule has 140 valence electrons. The Kier molecular flexibility index (Phi) is 3.86. The van der Waals surface area contributed by atoms with E-state index in [1.165, 1.54) is 7.11 Å². The minimum atomic E-state index is -0.383. The summed E-state index contributed by atoms with van der Waals surface area (Å²) >= 11 is 0. The van der Waals surface area contributed by atoms with E-state index in [4.69, 9.17) is 4.74 Å². The molecule has 4 nitrogen and oxygen atoms in total. The Morgan fingerprint density at radius 3 is 2.75 bits per heavy atom. The monoisotopic (exact) mass is 371 g/mol. The second-order valence-electron chi connectivity index (χ2n) is 7.35. The van der Waals surface area contributed by atoms with Gasteiger partial charge in [-0.05, 0) is 41.3 Å². The Bertz CT molecular complexity index is 1150. The Labute approximate surface area is 163 Å². The SMILES string of the molecule is COc1cccc([C@@H]2Nc3ccc4ccccc4c3C3=C2C(=O)CCC3)c1O. The van der Waals surface area contributed by atoms with Gasteiger partial charge in [0.05, 0.1) is 13.2 Å². The first-order chi connectivity index (χ1) is 13.7. The zero-order valence-corrected chi connectivity index (χ0v) is 15.7. The second-order valence-corrected chi connectivity index (χ2v) is 7.35. The number of allylic oxidation sites excluding steroid dienone is 1. The van der Waals surface area contributed by atoms with Gasteiger partial charge in [0.15, 0.2) is 17.3 Å². The average molecular weight is 371 g/mol. The van der Waals surface area contributed by atoms with Crippen LogP contribution in [0.3, 0.4) is 0 Å². The van der Waals surface area contributed by atoms with E-state index >= 15 is 0 Å². The lowest BCUT2D eigenvalue weighted by Gasteiger charge is -2.35. The minimum absolute atomic E-state index is 0.0805. The van der Waals surface area contributed by atoms with Crippen LogP contribution >= 0.6 is 0 Å². The third-order valence-corrected chi connectivity index (χ3v) is 5.84. The van der Waals surface area contributed by atoms with Crippen LogP contribution in [0.25, 0.3) is 16.3 Å². The van der Waals surface area contributed by atoms with Crippen molar-refractivity contribution in [3.8, 4) is 11.5 Å². The molecule has 5 rings (SSSR count). The van der Waals surface area contributed by atoms with Crippen LogP contribution in [0.2, 0.25) is 0 Å². The molecule has 3 aromatic rings. The first kappa shape index (κ1) is 16.9. The van der Waals surface area contributed by atoms with Crippen molar-refractivity contribution in [1.82, 2.24) is 0 Å². The van der Waals surface area contributed by atoms with Crippen molar-refractivity contribution in [2.24, 2.45) is 0 Å². The van der Waals surface area contributed by atoms with Crippen molar-refractivity contribution in [3.63, 3.8) is 0 Å². The predicted molar refractivity (Wildman–Crippen MR) is 111 cm³/mol. The fraction of sp³-hybridized carbons (Fsp3) is 0.208. The molecule has 2 N–H and O–H groups in total. The lowest BCUT2D eigenvalue weighted by Crippen LogP contribution is -2.27. The summed E-state index contributed by atoms with van der Waals surface area (Å²) in [6, 6.07) is 17.5. The van der Waals surface area contributed by atoms with Crippen molar-refractivity contribution >= 4 is 27.8 Å². The number of carbonyl (C=O) groups is 1. The number of nitrogens with one attached hydrogen (secondary N) is 1. The smallest absolute Gasteiger partial charge is 0.163 e. The predicted octanol–water partition coefficient (Wildman–Crippen LogP) is 5.23. The number of phenolic OH excluding ortho intramolecular Hbond substituents is 1. The first-order valence-corrected chi connectivity index (χ1v) is 9.60. The third-order valence-electron chi connectivity index (χ3n) is 5.84. The zero-order valence-electron chi connectivity index (χ0n) is 15.7. The van der Waals surface area contributed by atoms with Gasteiger partial charge >= 0.3 is 0 Å². The summed E-state index contributed by atoms with van der Waals surface area (Å²) < 4.78 is 5.29. The minimum Gasteiger partial charge on any atom is -0.504 e. The van der Waals surface area contributed by atoms with Crippen LogP contribution in [-0.2, 0) is 4.79 Å². The standard InChI is InChI=1S/C24H21NO3/c1-28-20-11-5-9-17(24(20)27)23-22-16(8-4-10-19(22)26)21-15-7-3-2-6-14(15)12-13-18(21)25-23/h2-3,5-7,9,11-13,23,25,27H,4,8,10H2,1H3/t23-/m0/s1. The summed E-state index contributed by atoms with van der Waals surface area (Å²) in [5.74, 6) is 0.644. The largest absolute Gasteiger partial charge is 0.504 e. The number of aromatic hydroxyl groups is 1. The van der Waals surface area contributed by atoms with Gasteiger partial charge in [-0.2, -0.15) is 0 Å². The normalized spacial score (nSPS) is 18.5. The highest BCUT2D eigenvalue weighted by atomic mass is 16.5. The van der Waals surface area contributed by atoms with Gasteiger partial charge in [0, 0.05) is 28.8 Å². The quantitative estimate of drug-likeness (QED) is 0.648. The first-order valence-electron chi connectivity index (χ1n) is 9.60. The maximum Gasteiger partial charge on any atom is 0.163 e. The molecule has 1 aliphatic carbocycles. The van der Waals surface area contributed by atoms with Gasteiger partial charge in [0.2, 0.25) is 0 Å². The van der Waals surface area contributed by atoms with Crippen molar-refractivity contribution in [2.75, 3.05) is 12.4 Å². The van der Waals surface area contributed by atoms with Crippen LogP contribution in [0.5, 0.6) is 11.5 Å². The highest BCUT2D eigenvalue weighted by Crippen LogP contribution is 2.50. The molecule has 2 aliphatic rings. The number of phenols is 1. The molecule has 0 saturated carbocycles. The van der Waals surface area contributed by atoms with Gasteiger partial charge in [0.1, 0.15) is 0 Å². The van der Waals surface area contributed by atoms with Gasteiger partial charge in [-0.3, -0.25) is 4.79 Å². The van der Waals surface area contributed by atoms with E-state index in [1.54, 1.807) is 6.07 Å². The molecular formula is C24H21NO3. The van der Waals surface area contributed by atoms with Crippen molar-refractivity contribution < 1.29 is 14.6 Å². The number of fused-ring (bicyclic) bond motifs is 4. The lowest BCUT2D eigenvalue weighted by atomic mass is 9.76. The molecule has 28 heavy (non-hydrogen) atoms. The molecule has 0 fully saturated rings. The molecule has 0 amide bonds. The molecule has 3 aromatic carbocycles. The van der Waals surface area contributed by atoms with Crippen molar-refractivity contribution in [2.45, 2.75) is 25.3 Å². The van der Waals surface area contributed by atoms with Gasteiger partial charge in [-0.15, -0.1) is 0 Å². The van der Waals surface area contributed by atoms with Gasteiger partial charge in [-0.1, -0.05) is 42.5 Å². The topological polar surface area (TPSA) is 58.6 Å². The Morgan fingerprint density at radius 1 is 1.04 bits per heavy atom. The molecular weight excluding hydrogens is 350 g/mol. The number of ether oxygens (including phenoxy) is 1. The van der Waals surface area contributed by atoms with Crippen LogP contribution in [0.1, 0.15) is 36.4 Å². The van der Waals surface area contributed by atoms with Crippen LogP contribution in [0.15, 0.2) is 60.2 Å². The summed E-state index contributed by atoms with van der Waals surface area (Å²) in [4.78, 5) is 13.0. The number of carbonyl (C=O) groups excluding carboxylic acids is 1. The Balaban J connectivity index is 1.78. The molecule has 0 spiro atoms. The van der Waals surface area contributed by atoms with E-state index in [0.29, 0.717) is 17.7 Å². The van der Waals surface area contributed by atoms with Gasteiger partial charge in [-0.25, -0.2) is 0 Å². The molecule has 0 bridgehead atoms. The summed E-state index contributed by atoms with van der Waals surface area (Å²) in [5.41, 5.74) is 4.67. The number of hydrogen-bond acceptors (Lipinski definition) is 4. The molecule has 0 aromatic heterocycles. The van der Waals surface area contributed by atoms with Crippen LogP contribution < -0.4 is 10.1 Å². The number of methoxy groups -OCH3 is 1. The van der Waals surface area contributed by atoms with Crippen molar-refractivity contribution in [1.29, 1.82) is 0 Å². The zero-order chi connectivity index (χ0) is 19.3. The van der Waals surface area contributed by atoms with E-state index in [0.717, 1.165) is 46.0 Å². The van der Waals surface area contributed by atoms with E-state index in [2.05, 4.69) is 29.6 Å². The third kappa shape index (κ3) is 2.41. The summed E-state index contributed by atoms with van der Waals surface area (Å²) in [6.45, 7) is 0. The Hall–Kier alpha value is -3.27. The van der Waals surface area contributed by atoms with E-state index < -0.39 is 0 Å². The number of anilines is 1. The Morgan fingerprint density at radius 2 is 1.89 bits per heavy atom. The highest BCUT2D eigenvalue weighted by molar-refractivity contribution is 6.12. The maximum absolute atomic E-state index is 13.0. The van der Waals surface area contributed by atoms with Crippen LogP contribution in [0.4, 0.5) is 5.69 Å². The maximum atomic E-state index is 13.0. The van der Waals surface area contributed by atoms with Gasteiger partial charge < -0.3 is 15.2 Å². The number of Topliss-reactive ketones (excluding diaryl/α,β-unsaturated/α-hetero) is 1. The number of benzene rings is 3. The fourth-order valence-corrected chi connectivity index (χ4v) is 4.57. The number of ketones is 1.